The predicted octanol–water partition coefficient (Wildman–Crippen LogP) is 1.09. The summed E-state index contributed by atoms with van der Waals surface area (Å²) in [6.07, 6.45) is 0.419. The molecular weight excluding hydrogens is 386 g/mol. The van der Waals surface area contributed by atoms with Gasteiger partial charge in [-0.1, -0.05) is 0 Å². The molecule has 1 aliphatic heterocycles. The summed E-state index contributed by atoms with van der Waals surface area (Å²) < 4.78 is 38.1. The van der Waals surface area contributed by atoms with Crippen molar-refractivity contribution in [2.45, 2.75) is 17.9 Å². The van der Waals surface area contributed by atoms with Gasteiger partial charge in [0.2, 0.25) is 10.0 Å². The van der Waals surface area contributed by atoms with E-state index in [2.05, 4.69) is 0 Å². The van der Waals surface area contributed by atoms with Crippen molar-refractivity contribution in [3.05, 3.63) is 47.4 Å². The Morgan fingerprint density at radius 1 is 1.32 bits per heavy atom. The van der Waals surface area contributed by atoms with E-state index in [1.54, 1.807) is 12.1 Å². The van der Waals surface area contributed by atoms with Gasteiger partial charge >= 0.3 is 5.91 Å². The number of benzene rings is 1. The summed E-state index contributed by atoms with van der Waals surface area (Å²) in [5.74, 6) is 0.184. The first kappa shape index (κ1) is 20.3. The van der Waals surface area contributed by atoms with E-state index in [9.17, 15) is 13.2 Å². The zero-order chi connectivity index (χ0) is 20.3. The molecule has 2 heterocycles. The third-order valence-electron chi connectivity index (χ3n) is 4.44. The highest BCUT2D eigenvalue weighted by Crippen LogP contribution is 2.28. The van der Waals surface area contributed by atoms with Crippen LogP contribution in [0, 0.1) is 0 Å². The van der Waals surface area contributed by atoms with Crippen molar-refractivity contribution in [1.82, 2.24) is 14.7 Å². The van der Waals surface area contributed by atoms with Gasteiger partial charge in [-0.15, -0.1) is 0 Å². The average molecular weight is 409 g/mol. The molecule has 2 aromatic rings. The Labute approximate surface area is 163 Å². The number of likely N-dealkylation sites (N-methyl/N-ethyl adjacent to an activating group) is 1. The molecule has 0 bridgehead atoms. The number of hydrogen-bond acceptors (Lipinski definition) is 7. The fourth-order valence-electron chi connectivity index (χ4n) is 2.87. The lowest BCUT2D eigenvalue weighted by atomic mass is 10.1. The van der Waals surface area contributed by atoms with Crippen LogP contribution in [0.5, 0.6) is 5.75 Å². The molecule has 1 amide bonds. The van der Waals surface area contributed by atoms with Crippen molar-refractivity contribution in [2.75, 3.05) is 33.8 Å². The van der Waals surface area contributed by atoms with Crippen LogP contribution in [-0.4, -0.2) is 62.5 Å². The normalized spacial score (nSPS) is 14.7. The molecule has 0 saturated heterocycles. The summed E-state index contributed by atoms with van der Waals surface area (Å²) in [5, 5.41) is 8.70. The lowest BCUT2D eigenvalue weighted by molar-refractivity contribution is 0.0673. The minimum absolute atomic E-state index is 0.0253. The molecule has 1 aromatic heterocycles. The summed E-state index contributed by atoms with van der Waals surface area (Å²) >= 11 is 0. The number of sulfonamides is 1. The minimum atomic E-state index is -3.71. The van der Waals surface area contributed by atoms with Gasteiger partial charge in [0, 0.05) is 13.1 Å². The number of hydrogen-bond donors (Lipinski definition) is 2. The Bertz CT molecular complexity index is 937. The summed E-state index contributed by atoms with van der Waals surface area (Å²) in [5.41, 5.74) is 2.26. The number of carbonyl (C=O) groups excluding carboxylic acids is 1. The molecule has 9 nitrogen and oxygen atoms in total. The Morgan fingerprint density at radius 2 is 2.04 bits per heavy atom. The lowest BCUT2D eigenvalue weighted by Crippen LogP contribution is -2.35. The van der Waals surface area contributed by atoms with E-state index in [1.807, 2.05) is 19.0 Å². The van der Waals surface area contributed by atoms with Gasteiger partial charge in [0.1, 0.15) is 18.1 Å². The van der Waals surface area contributed by atoms with Gasteiger partial charge in [0.15, 0.2) is 5.76 Å². The van der Waals surface area contributed by atoms with Crippen LogP contribution in [0.3, 0.4) is 0 Å². The summed E-state index contributed by atoms with van der Waals surface area (Å²) in [6, 6.07) is 7.82. The number of nitrogens with one attached hydrogen (secondary N) is 1. The number of nitrogens with zero attached hydrogens (tertiary/aromatic N) is 2. The molecule has 2 N–H and O–H groups in total. The Kier molecular flexibility index (Phi) is 6.04. The fourth-order valence-corrected chi connectivity index (χ4v) is 4.27. The molecule has 0 aliphatic carbocycles. The molecule has 0 unspecified atom stereocenters. The van der Waals surface area contributed by atoms with Crippen molar-refractivity contribution in [2.24, 2.45) is 0 Å². The van der Waals surface area contributed by atoms with E-state index >= 15 is 0 Å². The lowest BCUT2D eigenvalue weighted by Gasteiger charge is -2.25. The number of hydroxylamine groups is 1. The van der Waals surface area contributed by atoms with Crippen LogP contribution in [0.25, 0.3) is 0 Å². The van der Waals surface area contributed by atoms with Crippen molar-refractivity contribution in [3.8, 4) is 5.75 Å². The first-order valence-corrected chi connectivity index (χ1v) is 10.2. The molecule has 152 valence electrons. The highest BCUT2D eigenvalue weighted by Gasteiger charge is 2.31. The molecule has 0 radical (unpaired) electrons. The molecule has 0 fully saturated rings. The third-order valence-corrected chi connectivity index (χ3v) is 6.30. The average Bonchev–Trinajstić information content (AvgIpc) is 3.11. The second-order valence-corrected chi connectivity index (χ2v) is 8.65. The molecule has 1 aliphatic rings. The molecule has 1 aromatic carbocycles. The highest BCUT2D eigenvalue weighted by atomic mass is 32.2. The molecule has 0 saturated carbocycles. The van der Waals surface area contributed by atoms with Gasteiger partial charge in [-0.25, -0.2) is 13.9 Å². The van der Waals surface area contributed by atoms with E-state index in [4.69, 9.17) is 14.4 Å². The molecule has 28 heavy (non-hydrogen) atoms. The van der Waals surface area contributed by atoms with Crippen LogP contribution < -0.4 is 10.2 Å². The molecule has 0 spiro atoms. The number of amides is 1. The molecular formula is C18H23N3O6S. The second kappa shape index (κ2) is 8.31. The van der Waals surface area contributed by atoms with E-state index in [0.717, 1.165) is 12.1 Å². The summed E-state index contributed by atoms with van der Waals surface area (Å²) in [4.78, 5) is 13.6. The van der Waals surface area contributed by atoms with Crippen LogP contribution in [0.4, 0.5) is 0 Å². The predicted molar refractivity (Wildman–Crippen MR) is 99.8 cm³/mol. The van der Waals surface area contributed by atoms with E-state index in [-0.39, 0.29) is 23.7 Å². The van der Waals surface area contributed by atoms with E-state index in [1.165, 1.54) is 28.0 Å². The van der Waals surface area contributed by atoms with Crippen molar-refractivity contribution in [1.29, 1.82) is 0 Å². The van der Waals surface area contributed by atoms with E-state index < -0.39 is 15.9 Å². The number of ether oxygens (including phenoxy) is 1. The van der Waals surface area contributed by atoms with Crippen LogP contribution in [-0.2, 0) is 23.0 Å². The highest BCUT2D eigenvalue weighted by molar-refractivity contribution is 7.89. The largest absolute Gasteiger partial charge is 0.492 e. The first-order valence-electron chi connectivity index (χ1n) is 8.75. The number of fused-ring (bicyclic) bond motifs is 1. The van der Waals surface area contributed by atoms with Crippen LogP contribution in [0.2, 0.25) is 0 Å². The molecule has 0 atom stereocenters. The molecule has 10 heteroatoms. The van der Waals surface area contributed by atoms with Gasteiger partial charge in [0.05, 0.1) is 11.4 Å². The summed E-state index contributed by atoms with van der Waals surface area (Å²) in [6.45, 7) is 1.57. The van der Waals surface area contributed by atoms with Crippen molar-refractivity contribution < 1.29 is 27.6 Å². The Morgan fingerprint density at radius 3 is 2.68 bits per heavy atom. The van der Waals surface area contributed by atoms with Crippen LogP contribution in [0.1, 0.15) is 21.9 Å². The quantitative estimate of drug-likeness (QED) is 0.520. The fraction of sp³-hybridized carbons (Fsp3) is 0.389. The van der Waals surface area contributed by atoms with Gasteiger partial charge in [-0.2, -0.15) is 4.31 Å². The van der Waals surface area contributed by atoms with Gasteiger partial charge in [-0.05, 0) is 56.4 Å². The minimum Gasteiger partial charge on any atom is -0.492 e. The Hall–Kier alpha value is -2.40. The number of rotatable bonds is 7. The number of furan rings is 1. The molecule has 3 rings (SSSR count). The smallest absolute Gasteiger partial charge is 0.310 e. The third kappa shape index (κ3) is 4.36. The SMILES string of the molecule is CN(C)CCOc1ccc(S(=O)(=O)N2CCc3cc(C(=O)NO)oc3C2)cc1. The maximum atomic E-state index is 12.9. The number of carbonyl (C=O) groups is 1. The Balaban J connectivity index is 1.71. The van der Waals surface area contributed by atoms with Crippen molar-refractivity contribution >= 4 is 15.9 Å². The van der Waals surface area contributed by atoms with Crippen molar-refractivity contribution in [3.63, 3.8) is 0 Å². The summed E-state index contributed by atoms with van der Waals surface area (Å²) in [7, 11) is 0.179. The van der Waals surface area contributed by atoms with Crippen LogP contribution in [0.15, 0.2) is 39.6 Å². The first-order chi connectivity index (χ1) is 13.3. The zero-order valence-corrected chi connectivity index (χ0v) is 16.5. The zero-order valence-electron chi connectivity index (χ0n) is 15.7. The maximum absolute atomic E-state index is 12.9. The van der Waals surface area contributed by atoms with Gasteiger partial charge < -0.3 is 14.1 Å². The van der Waals surface area contributed by atoms with Gasteiger partial charge in [0.25, 0.3) is 0 Å². The standard InChI is InChI=1S/C18H23N3O6S/c1-20(2)9-10-26-14-3-5-15(6-4-14)28(24,25)21-8-7-13-11-16(18(22)19-23)27-17(13)12-21/h3-6,11,23H,7-10,12H2,1-2H3,(H,19,22). The maximum Gasteiger partial charge on any atom is 0.310 e. The second-order valence-electron chi connectivity index (χ2n) is 6.71. The van der Waals surface area contributed by atoms with Crippen LogP contribution >= 0.6 is 0 Å². The van der Waals surface area contributed by atoms with Gasteiger partial charge in [-0.3, -0.25) is 10.0 Å². The topological polar surface area (TPSA) is 112 Å². The van der Waals surface area contributed by atoms with E-state index in [0.29, 0.717) is 24.5 Å². The monoisotopic (exact) mass is 409 g/mol.